The minimum Gasteiger partial charge on any atom is -0.368 e. The predicted octanol–water partition coefficient (Wildman–Crippen LogP) is 3.25. The summed E-state index contributed by atoms with van der Waals surface area (Å²) in [6.45, 7) is 6.69. The van der Waals surface area contributed by atoms with Gasteiger partial charge in [-0.2, -0.15) is 5.26 Å². The molecule has 1 N–H and O–H groups in total. The zero-order valence-electron chi connectivity index (χ0n) is 16.5. The first-order chi connectivity index (χ1) is 13.9. The van der Waals surface area contributed by atoms with Crippen molar-refractivity contribution in [3.63, 3.8) is 0 Å². The van der Waals surface area contributed by atoms with Crippen LogP contribution in [0.2, 0.25) is 0 Å². The number of nitriles is 1. The first-order valence-corrected chi connectivity index (χ1v) is 9.54. The maximum atomic E-state index is 14.0. The van der Waals surface area contributed by atoms with Crippen LogP contribution in [0.15, 0.2) is 42.5 Å². The van der Waals surface area contributed by atoms with E-state index in [4.69, 9.17) is 5.26 Å². The molecule has 0 unspecified atom stereocenters. The van der Waals surface area contributed by atoms with Crippen molar-refractivity contribution >= 4 is 23.2 Å². The molecule has 0 spiro atoms. The van der Waals surface area contributed by atoms with Crippen molar-refractivity contribution in [2.75, 3.05) is 36.4 Å². The van der Waals surface area contributed by atoms with E-state index in [1.807, 2.05) is 36.9 Å². The number of hydrogen-bond donors (Lipinski definition) is 1. The molecule has 0 radical (unpaired) electrons. The van der Waals surface area contributed by atoms with E-state index in [2.05, 4.69) is 10.2 Å². The molecule has 6 nitrogen and oxygen atoms in total. The van der Waals surface area contributed by atoms with Gasteiger partial charge in [0.15, 0.2) is 0 Å². The van der Waals surface area contributed by atoms with Crippen molar-refractivity contribution in [1.29, 1.82) is 5.26 Å². The number of halogens is 1. The van der Waals surface area contributed by atoms with E-state index in [9.17, 15) is 14.0 Å². The van der Waals surface area contributed by atoms with Gasteiger partial charge in [0.05, 0.1) is 17.2 Å². The Kier molecular flexibility index (Phi) is 6.13. The summed E-state index contributed by atoms with van der Waals surface area (Å²) in [4.78, 5) is 28.5. The molecule has 1 saturated heterocycles. The summed E-state index contributed by atoms with van der Waals surface area (Å²) in [7, 11) is 0. The van der Waals surface area contributed by atoms with E-state index in [1.54, 1.807) is 12.1 Å². The first kappa shape index (κ1) is 20.3. The highest BCUT2D eigenvalue weighted by molar-refractivity contribution is 6.04. The Hall–Kier alpha value is -3.40. The van der Waals surface area contributed by atoms with Crippen molar-refractivity contribution in [2.45, 2.75) is 13.8 Å². The van der Waals surface area contributed by atoms with Gasteiger partial charge in [-0.1, -0.05) is 13.8 Å². The maximum Gasteiger partial charge on any atom is 0.258 e. The van der Waals surface area contributed by atoms with Crippen LogP contribution in [0, 0.1) is 23.1 Å². The Morgan fingerprint density at radius 1 is 1.07 bits per heavy atom. The van der Waals surface area contributed by atoms with Crippen molar-refractivity contribution in [1.82, 2.24) is 4.90 Å². The van der Waals surface area contributed by atoms with Crippen LogP contribution in [0.4, 0.5) is 15.8 Å². The van der Waals surface area contributed by atoms with Crippen LogP contribution in [0.5, 0.6) is 0 Å². The SMILES string of the molecule is CC(C)C(=O)N1CCN(c2ccc(NC(=O)c3ccc(C#N)cc3F)cc2)CC1. The van der Waals surface area contributed by atoms with Gasteiger partial charge in [-0.05, 0) is 42.5 Å². The molecule has 1 heterocycles. The Labute approximate surface area is 169 Å². The van der Waals surface area contributed by atoms with Gasteiger partial charge in [-0.3, -0.25) is 9.59 Å². The number of rotatable bonds is 4. The van der Waals surface area contributed by atoms with Crippen LogP contribution < -0.4 is 10.2 Å². The van der Waals surface area contributed by atoms with Gasteiger partial charge in [0, 0.05) is 43.5 Å². The van der Waals surface area contributed by atoms with Crippen LogP contribution in [-0.4, -0.2) is 42.9 Å². The van der Waals surface area contributed by atoms with Gasteiger partial charge < -0.3 is 15.1 Å². The molecule has 7 heteroatoms. The number of anilines is 2. The third-order valence-corrected chi connectivity index (χ3v) is 4.92. The topological polar surface area (TPSA) is 76.4 Å². The van der Waals surface area contributed by atoms with Crippen LogP contribution in [-0.2, 0) is 4.79 Å². The lowest BCUT2D eigenvalue weighted by Gasteiger charge is -2.37. The summed E-state index contributed by atoms with van der Waals surface area (Å²) >= 11 is 0. The predicted molar refractivity (Wildman–Crippen MR) is 109 cm³/mol. The highest BCUT2D eigenvalue weighted by Gasteiger charge is 2.23. The average Bonchev–Trinajstić information content (AvgIpc) is 2.73. The van der Waals surface area contributed by atoms with Crippen molar-refractivity contribution in [3.05, 3.63) is 59.4 Å². The molecule has 0 aromatic heterocycles. The van der Waals surface area contributed by atoms with E-state index in [1.165, 1.54) is 12.1 Å². The minimum absolute atomic E-state index is 0.00499. The second-order valence-electron chi connectivity index (χ2n) is 7.27. The average molecular weight is 394 g/mol. The molecule has 2 aromatic rings. The van der Waals surface area contributed by atoms with E-state index in [0.717, 1.165) is 24.8 Å². The molecule has 150 valence electrons. The fourth-order valence-corrected chi connectivity index (χ4v) is 3.27. The van der Waals surface area contributed by atoms with Gasteiger partial charge >= 0.3 is 0 Å². The molecule has 29 heavy (non-hydrogen) atoms. The van der Waals surface area contributed by atoms with Gasteiger partial charge in [0.25, 0.3) is 5.91 Å². The molecule has 1 aliphatic rings. The summed E-state index contributed by atoms with van der Waals surface area (Å²) in [5.41, 5.74) is 1.61. The summed E-state index contributed by atoms with van der Waals surface area (Å²) in [5, 5.41) is 11.5. The molecule has 0 aliphatic carbocycles. The van der Waals surface area contributed by atoms with Crippen LogP contribution in [0.1, 0.15) is 29.8 Å². The molecular formula is C22H23FN4O2. The van der Waals surface area contributed by atoms with Crippen LogP contribution >= 0.6 is 0 Å². The van der Waals surface area contributed by atoms with Crippen LogP contribution in [0.25, 0.3) is 0 Å². The minimum atomic E-state index is -0.730. The van der Waals surface area contributed by atoms with Crippen molar-refractivity contribution < 1.29 is 14.0 Å². The normalized spacial score (nSPS) is 13.9. The number of carbonyl (C=O) groups is 2. The molecule has 0 atom stereocenters. The Bertz CT molecular complexity index is 942. The standard InChI is InChI=1S/C22H23FN4O2/c1-15(2)22(29)27-11-9-26(10-12-27)18-6-4-17(5-7-18)25-21(28)19-8-3-16(14-24)13-20(19)23/h3-8,13,15H,9-12H2,1-2H3,(H,25,28). The van der Waals surface area contributed by atoms with Gasteiger partial charge in [-0.15, -0.1) is 0 Å². The summed E-state index contributed by atoms with van der Waals surface area (Å²) in [6, 6.07) is 12.9. The molecule has 3 rings (SSSR count). The lowest BCUT2D eigenvalue weighted by molar-refractivity contribution is -0.134. The molecular weight excluding hydrogens is 371 g/mol. The zero-order valence-corrected chi connectivity index (χ0v) is 16.5. The summed E-state index contributed by atoms with van der Waals surface area (Å²) < 4.78 is 14.0. The number of hydrogen-bond acceptors (Lipinski definition) is 4. The Morgan fingerprint density at radius 2 is 1.72 bits per heavy atom. The quantitative estimate of drug-likeness (QED) is 0.864. The fourth-order valence-electron chi connectivity index (χ4n) is 3.27. The van der Waals surface area contributed by atoms with Crippen molar-refractivity contribution in [3.8, 4) is 6.07 Å². The molecule has 0 saturated carbocycles. The summed E-state index contributed by atoms with van der Waals surface area (Å²) in [5.74, 6) is -1.12. The number of carbonyl (C=O) groups excluding carboxylic acids is 2. The third-order valence-electron chi connectivity index (χ3n) is 4.92. The fraction of sp³-hybridized carbons (Fsp3) is 0.318. The first-order valence-electron chi connectivity index (χ1n) is 9.54. The lowest BCUT2D eigenvalue weighted by atomic mass is 10.1. The van der Waals surface area contributed by atoms with Crippen molar-refractivity contribution in [2.24, 2.45) is 5.92 Å². The van der Waals surface area contributed by atoms with E-state index >= 15 is 0 Å². The number of nitrogens with zero attached hydrogens (tertiary/aromatic N) is 3. The second kappa shape index (κ2) is 8.74. The third kappa shape index (κ3) is 4.72. The lowest BCUT2D eigenvalue weighted by Crippen LogP contribution is -2.49. The van der Waals surface area contributed by atoms with E-state index in [0.29, 0.717) is 18.8 Å². The van der Waals surface area contributed by atoms with E-state index < -0.39 is 11.7 Å². The largest absolute Gasteiger partial charge is 0.368 e. The molecule has 2 aromatic carbocycles. The number of amides is 2. The van der Waals surface area contributed by atoms with Crippen LogP contribution in [0.3, 0.4) is 0 Å². The van der Waals surface area contributed by atoms with Gasteiger partial charge in [0.1, 0.15) is 5.82 Å². The molecule has 1 aliphatic heterocycles. The smallest absolute Gasteiger partial charge is 0.258 e. The highest BCUT2D eigenvalue weighted by atomic mass is 19.1. The number of piperazine rings is 1. The van der Waals surface area contributed by atoms with Gasteiger partial charge in [-0.25, -0.2) is 4.39 Å². The molecule has 2 amide bonds. The Morgan fingerprint density at radius 3 is 2.28 bits per heavy atom. The monoisotopic (exact) mass is 394 g/mol. The zero-order chi connectivity index (χ0) is 21.0. The number of benzene rings is 2. The number of nitrogens with one attached hydrogen (secondary N) is 1. The molecule has 0 bridgehead atoms. The maximum absolute atomic E-state index is 14.0. The summed E-state index contributed by atoms with van der Waals surface area (Å²) in [6.07, 6.45) is 0. The van der Waals surface area contributed by atoms with Gasteiger partial charge in [0.2, 0.25) is 5.91 Å². The molecule has 1 fully saturated rings. The highest BCUT2D eigenvalue weighted by Crippen LogP contribution is 2.21. The Balaban J connectivity index is 1.60. The second-order valence-corrected chi connectivity index (χ2v) is 7.27. The van der Waals surface area contributed by atoms with E-state index in [-0.39, 0.29) is 23.0 Å².